The summed E-state index contributed by atoms with van der Waals surface area (Å²) >= 11 is 0. The monoisotopic (exact) mass is 326 g/mol. The van der Waals surface area contributed by atoms with Crippen molar-refractivity contribution in [3.8, 4) is 0 Å². The van der Waals surface area contributed by atoms with Gasteiger partial charge < -0.3 is 5.32 Å². The maximum atomic E-state index is 12.4. The Bertz CT molecular complexity index is 578. The normalized spacial score (nSPS) is 13.1. The van der Waals surface area contributed by atoms with E-state index in [1.807, 2.05) is 27.7 Å². The summed E-state index contributed by atoms with van der Waals surface area (Å²) in [6, 6.07) is 6.58. The van der Waals surface area contributed by atoms with Crippen molar-refractivity contribution in [2.24, 2.45) is 0 Å². The molecule has 1 aromatic rings. The molecule has 0 spiro atoms. The van der Waals surface area contributed by atoms with E-state index < -0.39 is 10.0 Å². The molecular formula is C16H26N2O3S. The van der Waals surface area contributed by atoms with Gasteiger partial charge >= 0.3 is 0 Å². The van der Waals surface area contributed by atoms with Crippen molar-refractivity contribution in [2.45, 2.75) is 51.5 Å². The van der Waals surface area contributed by atoms with E-state index in [0.717, 1.165) is 12.0 Å². The summed E-state index contributed by atoms with van der Waals surface area (Å²) in [7, 11) is -3.43. The van der Waals surface area contributed by atoms with Crippen molar-refractivity contribution in [1.82, 2.24) is 9.62 Å². The van der Waals surface area contributed by atoms with E-state index in [-0.39, 0.29) is 16.8 Å². The van der Waals surface area contributed by atoms with Gasteiger partial charge in [0.2, 0.25) is 15.9 Å². The third-order valence-corrected chi connectivity index (χ3v) is 5.64. The van der Waals surface area contributed by atoms with Gasteiger partial charge in [-0.25, -0.2) is 8.42 Å². The van der Waals surface area contributed by atoms with Crippen molar-refractivity contribution in [1.29, 1.82) is 0 Å². The summed E-state index contributed by atoms with van der Waals surface area (Å²) in [4.78, 5) is 11.9. The van der Waals surface area contributed by atoms with E-state index in [2.05, 4.69) is 5.32 Å². The Morgan fingerprint density at radius 2 is 1.68 bits per heavy atom. The minimum atomic E-state index is -3.43. The van der Waals surface area contributed by atoms with Crippen LogP contribution in [0.25, 0.3) is 0 Å². The van der Waals surface area contributed by atoms with Crippen LogP contribution in [0.2, 0.25) is 0 Å². The maximum absolute atomic E-state index is 12.4. The number of sulfonamides is 1. The van der Waals surface area contributed by atoms with Crippen molar-refractivity contribution in [3.63, 3.8) is 0 Å². The van der Waals surface area contributed by atoms with Crippen LogP contribution in [0, 0.1) is 0 Å². The number of benzene rings is 1. The Kier molecular flexibility index (Phi) is 7.03. The second-order valence-electron chi connectivity index (χ2n) is 5.20. The zero-order chi connectivity index (χ0) is 16.8. The van der Waals surface area contributed by atoms with E-state index in [0.29, 0.717) is 19.5 Å². The largest absolute Gasteiger partial charge is 0.350 e. The quantitative estimate of drug-likeness (QED) is 0.799. The Morgan fingerprint density at radius 1 is 1.14 bits per heavy atom. The van der Waals surface area contributed by atoms with Crippen LogP contribution in [-0.4, -0.2) is 31.7 Å². The number of hydrogen-bond acceptors (Lipinski definition) is 3. The highest BCUT2D eigenvalue weighted by molar-refractivity contribution is 7.89. The zero-order valence-electron chi connectivity index (χ0n) is 13.8. The number of nitrogens with zero attached hydrogens (tertiary/aromatic N) is 1. The molecule has 0 heterocycles. The van der Waals surface area contributed by atoms with Gasteiger partial charge in [0.1, 0.15) is 0 Å². The lowest BCUT2D eigenvalue weighted by atomic mass is 10.1. The second-order valence-corrected chi connectivity index (χ2v) is 7.14. The summed E-state index contributed by atoms with van der Waals surface area (Å²) in [5.74, 6) is 0.00911. The predicted molar refractivity (Wildman–Crippen MR) is 88.0 cm³/mol. The summed E-state index contributed by atoms with van der Waals surface area (Å²) in [5.41, 5.74) is 0.892. The highest BCUT2D eigenvalue weighted by Crippen LogP contribution is 2.19. The lowest BCUT2D eigenvalue weighted by Gasteiger charge is -2.19. The predicted octanol–water partition coefficient (Wildman–Crippen LogP) is 2.69. The van der Waals surface area contributed by atoms with E-state index in [4.69, 9.17) is 0 Å². The Morgan fingerprint density at radius 3 is 2.14 bits per heavy atom. The first-order valence-electron chi connectivity index (χ1n) is 7.76. The van der Waals surface area contributed by atoms with Crippen LogP contribution in [0.4, 0.5) is 0 Å². The number of hydrogen-bond donors (Lipinski definition) is 1. The van der Waals surface area contributed by atoms with Gasteiger partial charge in [-0.05, 0) is 31.0 Å². The third kappa shape index (κ3) is 4.55. The number of carbonyl (C=O) groups is 1. The van der Waals surface area contributed by atoms with Crippen LogP contribution in [0.3, 0.4) is 0 Å². The molecule has 1 amide bonds. The minimum Gasteiger partial charge on any atom is -0.350 e. The number of nitrogens with one attached hydrogen (secondary N) is 1. The van der Waals surface area contributed by atoms with Crippen LogP contribution < -0.4 is 5.32 Å². The number of rotatable bonds is 8. The third-order valence-electron chi connectivity index (χ3n) is 3.58. The average molecular weight is 326 g/mol. The smallest absolute Gasteiger partial charge is 0.243 e. The zero-order valence-corrected chi connectivity index (χ0v) is 14.6. The SMILES string of the molecule is CCCC(=O)NC(C)c1ccc(S(=O)(=O)N(CC)CC)cc1. The molecule has 124 valence electrons. The van der Waals surface area contributed by atoms with Crippen LogP contribution >= 0.6 is 0 Å². The van der Waals surface area contributed by atoms with Gasteiger partial charge in [-0.15, -0.1) is 0 Å². The van der Waals surface area contributed by atoms with Gasteiger partial charge in [0.05, 0.1) is 10.9 Å². The van der Waals surface area contributed by atoms with Gasteiger partial charge in [-0.2, -0.15) is 4.31 Å². The molecule has 0 aliphatic carbocycles. The molecule has 0 aliphatic rings. The fourth-order valence-corrected chi connectivity index (χ4v) is 3.72. The molecule has 1 unspecified atom stereocenters. The molecule has 1 rings (SSSR count). The van der Waals surface area contributed by atoms with Crippen LogP contribution in [0.5, 0.6) is 0 Å². The van der Waals surface area contributed by atoms with E-state index in [1.165, 1.54) is 4.31 Å². The molecule has 0 aliphatic heterocycles. The Labute approximate surface area is 133 Å². The van der Waals surface area contributed by atoms with Crippen molar-refractivity contribution in [3.05, 3.63) is 29.8 Å². The Balaban J connectivity index is 2.88. The van der Waals surface area contributed by atoms with Crippen LogP contribution in [0.1, 0.15) is 52.1 Å². The molecule has 5 nitrogen and oxygen atoms in total. The van der Waals surface area contributed by atoms with Gasteiger partial charge in [0.25, 0.3) is 0 Å². The summed E-state index contributed by atoms with van der Waals surface area (Å²) < 4.78 is 26.2. The maximum Gasteiger partial charge on any atom is 0.243 e. The average Bonchev–Trinajstić information content (AvgIpc) is 2.48. The molecule has 0 fully saturated rings. The summed E-state index contributed by atoms with van der Waals surface area (Å²) in [5, 5.41) is 2.90. The topological polar surface area (TPSA) is 66.5 Å². The van der Waals surface area contributed by atoms with Crippen molar-refractivity contribution < 1.29 is 13.2 Å². The minimum absolute atomic E-state index is 0.00911. The first-order valence-corrected chi connectivity index (χ1v) is 9.20. The summed E-state index contributed by atoms with van der Waals surface area (Å²) in [6.45, 7) is 8.38. The highest BCUT2D eigenvalue weighted by atomic mass is 32.2. The number of amides is 1. The molecule has 0 saturated carbocycles. The molecule has 1 atom stereocenters. The van der Waals surface area contributed by atoms with Crippen molar-refractivity contribution >= 4 is 15.9 Å². The first kappa shape index (κ1) is 18.6. The van der Waals surface area contributed by atoms with E-state index in [1.54, 1.807) is 24.3 Å². The second kappa shape index (κ2) is 8.29. The fraction of sp³-hybridized carbons (Fsp3) is 0.562. The first-order chi connectivity index (χ1) is 10.4. The standard InChI is InChI=1S/C16H26N2O3S/c1-5-8-16(19)17-13(4)14-9-11-15(12-10-14)22(20,21)18(6-2)7-3/h9-13H,5-8H2,1-4H3,(H,17,19). The van der Waals surface area contributed by atoms with Crippen LogP contribution in [-0.2, 0) is 14.8 Å². The molecule has 6 heteroatoms. The molecule has 0 saturated heterocycles. The summed E-state index contributed by atoms with van der Waals surface area (Å²) in [6.07, 6.45) is 1.30. The number of carbonyl (C=O) groups excluding carboxylic acids is 1. The van der Waals surface area contributed by atoms with Crippen molar-refractivity contribution in [2.75, 3.05) is 13.1 Å². The van der Waals surface area contributed by atoms with Gasteiger partial charge in [0.15, 0.2) is 0 Å². The van der Waals surface area contributed by atoms with Gasteiger partial charge in [-0.3, -0.25) is 4.79 Å². The fourth-order valence-electron chi connectivity index (χ4n) is 2.27. The molecule has 1 aromatic carbocycles. The lowest BCUT2D eigenvalue weighted by Crippen LogP contribution is -2.30. The van der Waals surface area contributed by atoms with Gasteiger partial charge in [0, 0.05) is 19.5 Å². The highest BCUT2D eigenvalue weighted by Gasteiger charge is 2.21. The van der Waals surface area contributed by atoms with Crippen LogP contribution in [0.15, 0.2) is 29.2 Å². The molecule has 22 heavy (non-hydrogen) atoms. The Hall–Kier alpha value is -1.40. The molecule has 1 N–H and O–H groups in total. The van der Waals surface area contributed by atoms with E-state index in [9.17, 15) is 13.2 Å². The molecule has 0 bridgehead atoms. The molecule has 0 radical (unpaired) electrons. The van der Waals surface area contributed by atoms with Gasteiger partial charge in [-0.1, -0.05) is 32.9 Å². The molecule has 0 aromatic heterocycles. The molecular weight excluding hydrogens is 300 g/mol. The lowest BCUT2D eigenvalue weighted by molar-refractivity contribution is -0.121. The van der Waals surface area contributed by atoms with E-state index >= 15 is 0 Å².